The summed E-state index contributed by atoms with van der Waals surface area (Å²) in [4.78, 5) is 12.0. The molecule has 1 aromatic rings. The van der Waals surface area contributed by atoms with Crippen molar-refractivity contribution in [1.82, 2.24) is 0 Å². The molecule has 0 amide bonds. The van der Waals surface area contributed by atoms with E-state index in [1.54, 1.807) is 7.11 Å². The number of carbonyl (C=O) groups excluding carboxylic acids is 1. The maximum absolute atomic E-state index is 12.0. The van der Waals surface area contributed by atoms with Crippen LogP contribution >= 0.6 is 23.2 Å². The lowest BCUT2D eigenvalue weighted by Crippen LogP contribution is -2.22. The summed E-state index contributed by atoms with van der Waals surface area (Å²) in [6.07, 6.45) is 2.12. The third-order valence-electron chi connectivity index (χ3n) is 3.79. The van der Waals surface area contributed by atoms with E-state index in [9.17, 15) is 4.79 Å². The molecule has 1 aliphatic carbocycles. The topological polar surface area (TPSA) is 26.3 Å². The molecule has 1 fully saturated rings. The quantitative estimate of drug-likeness (QED) is 0.609. The molecule has 0 radical (unpaired) electrons. The number of hydrogen-bond donors (Lipinski definition) is 0. The number of hydrogen-bond acceptors (Lipinski definition) is 2. The first-order valence-electron chi connectivity index (χ1n) is 6.52. The molecule has 0 N–H and O–H groups in total. The second kappa shape index (κ2) is 6.74. The smallest absolute Gasteiger partial charge is 0.162 e. The number of ether oxygens (including phenoxy) is 1. The summed E-state index contributed by atoms with van der Waals surface area (Å²) in [5, 5.41) is -0.279. The predicted octanol–water partition coefficient (Wildman–Crippen LogP) is 3.90. The number of methoxy groups -OCH3 is 1. The van der Waals surface area contributed by atoms with Gasteiger partial charge < -0.3 is 4.74 Å². The fourth-order valence-corrected chi connectivity index (χ4v) is 3.41. The SMILES string of the molecule is COC1CC(CCC(=O)c2ccccc2)C(Cl)C1Cl. The molecule has 1 aromatic carbocycles. The highest BCUT2D eigenvalue weighted by atomic mass is 35.5. The van der Waals surface area contributed by atoms with Crippen LogP contribution in [0.5, 0.6) is 0 Å². The summed E-state index contributed by atoms with van der Waals surface area (Å²) < 4.78 is 5.31. The minimum atomic E-state index is -0.163. The lowest BCUT2D eigenvalue weighted by molar-refractivity contribution is 0.0959. The van der Waals surface area contributed by atoms with Crippen LogP contribution in [-0.4, -0.2) is 29.8 Å². The van der Waals surface area contributed by atoms with Gasteiger partial charge in [-0.3, -0.25) is 4.79 Å². The number of alkyl halides is 2. The molecule has 0 aliphatic heterocycles. The fourth-order valence-electron chi connectivity index (χ4n) is 2.61. The molecular weight excluding hydrogens is 283 g/mol. The van der Waals surface area contributed by atoms with Gasteiger partial charge in [-0.2, -0.15) is 0 Å². The highest BCUT2D eigenvalue weighted by molar-refractivity contribution is 6.30. The highest BCUT2D eigenvalue weighted by Crippen LogP contribution is 2.38. The molecule has 0 aromatic heterocycles. The van der Waals surface area contributed by atoms with Gasteiger partial charge in [0.1, 0.15) is 0 Å². The minimum absolute atomic E-state index is 0.000920. The van der Waals surface area contributed by atoms with Crippen LogP contribution in [0.25, 0.3) is 0 Å². The first-order chi connectivity index (χ1) is 9.13. The van der Waals surface area contributed by atoms with Gasteiger partial charge >= 0.3 is 0 Å². The van der Waals surface area contributed by atoms with E-state index in [0.29, 0.717) is 6.42 Å². The third-order valence-corrected chi connectivity index (χ3v) is 5.09. The van der Waals surface area contributed by atoms with Crippen LogP contribution < -0.4 is 0 Å². The van der Waals surface area contributed by atoms with Crippen molar-refractivity contribution in [2.75, 3.05) is 7.11 Å². The largest absolute Gasteiger partial charge is 0.380 e. The number of halogens is 2. The average molecular weight is 301 g/mol. The van der Waals surface area contributed by atoms with E-state index >= 15 is 0 Å². The van der Waals surface area contributed by atoms with Gasteiger partial charge in [-0.05, 0) is 18.8 Å². The second-order valence-corrected chi connectivity index (χ2v) is 5.99. The molecule has 1 aliphatic rings. The van der Waals surface area contributed by atoms with Crippen LogP contribution in [0.3, 0.4) is 0 Å². The summed E-state index contributed by atoms with van der Waals surface area (Å²) in [7, 11) is 1.65. The van der Waals surface area contributed by atoms with Gasteiger partial charge in [0.05, 0.1) is 16.9 Å². The zero-order chi connectivity index (χ0) is 13.8. The number of carbonyl (C=O) groups is 1. The van der Waals surface area contributed by atoms with Crippen molar-refractivity contribution in [3.8, 4) is 0 Å². The monoisotopic (exact) mass is 300 g/mol. The zero-order valence-corrected chi connectivity index (χ0v) is 12.4. The zero-order valence-electron chi connectivity index (χ0n) is 10.9. The van der Waals surface area contributed by atoms with Crippen molar-refractivity contribution in [1.29, 1.82) is 0 Å². The van der Waals surface area contributed by atoms with Crippen LogP contribution in [-0.2, 0) is 4.74 Å². The molecule has 0 saturated heterocycles. The normalized spacial score (nSPS) is 30.5. The van der Waals surface area contributed by atoms with Gasteiger partial charge in [0.2, 0.25) is 0 Å². The number of rotatable bonds is 5. The average Bonchev–Trinajstić information content (AvgIpc) is 2.73. The molecule has 0 heterocycles. The summed E-state index contributed by atoms with van der Waals surface area (Å²) in [5.74, 6) is 0.415. The van der Waals surface area contributed by atoms with E-state index < -0.39 is 0 Å². The molecule has 2 nitrogen and oxygen atoms in total. The van der Waals surface area contributed by atoms with Gasteiger partial charge in [0.15, 0.2) is 5.78 Å². The van der Waals surface area contributed by atoms with Crippen molar-refractivity contribution < 1.29 is 9.53 Å². The Morgan fingerprint density at radius 2 is 1.95 bits per heavy atom. The standard InChI is InChI=1S/C15H18Cl2O2/c1-19-13-9-11(14(16)15(13)17)7-8-12(18)10-5-3-2-4-6-10/h2-6,11,13-15H,7-9H2,1H3. The van der Waals surface area contributed by atoms with Gasteiger partial charge in [-0.15, -0.1) is 23.2 Å². The van der Waals surface area contributed by atoms with Crippen LogP contribution in [0, 0.1) is 5.92 Å². The maximum Gasteiger partial charge on any atom is 0.162 e. The number of Topliss-reactive ketones (excluding diaryl/α,β-unsaturated/α-hetero) is 1. The third kappa shape index (κ3) is 3.50. The minimum Gasteiger partial charge on any atom is -0.380 e. The lowest BCUT2D eigenvalue weighted by atomic mass is 9.97. The van der Waals surface area contributed by atoms with Crippen molar-refractivity contribution in [3.05, 3.63) is 35.9 Å². The molecule has 2 rings (SSSR count). The molecule has 0 spiro atoms. The molecule has 0 bridgehead atoms. The van der Waals surface area contributed by atoms with Gasteiger partial charge in [0.25, 0.3) is 0 Å². The number of ketones is 1. The molecule has 4 atom stereocenters. The lowest BCUT2D eigenvalue weighted by Gasteiger charge is -2.14. The van der Waals surface area contributed by atoms with Gasteiger partial charge in [-0.1, -0.05) is 30.3 Å². The summed E-state index contributed by atoms with van der Waals surface area (Å²) in [5.41, 5.74) is 0.761. The van der Waals surface area contributed by atoms with E-state index in [2.05, 4.69) is 0 Å². The van der Waals surface area contributed by atoms with Gasteiger partial charge in [-0.25, -0.2) is 0 Å². The fraction of sp³-hybridized carbons (Fsp3) is 0.533. The predicted molar refractivity (Wildman–Crippen MR) is 78.2 cm³/mol. The Labute approximate surface area is 124 Å². The van der Waals surface area contributed by atoms with Crippen LogP contribution in [0.4, 0.5) is 0 Å². The van der Waals surface area contributed by atoms with E-state index in [1.165, 1.54) is 0 Å². The van der Waals surface area contributed by atoms with Crippen LogP contribution in [0.15, 0.2) is 30.3 Å². The number of benzene rings is 1. The second-order valence-electron chi connectivity index (χ2n) is 4.99. The summed E-state index contributed by atoms with van der Waals surface area (Å²) >= 11 is 12.5. The Morgan fingerprint density at radius 3 is 2.53 bits per heavy atom. The van der Waals surface area contributed by atoms with Crippen molar-refractivity contribution in [2.45, 2.75) is 36.1 Å². The van der Waals surface area contributed by atoms with E-state index in [1.807, 2.05) is 30.3 Å². The van der Waals surface area contributed by atoms with E-state index in [0.717, 1.165) is 18.4 Å². The van der Waals surface area contributed by atoms with E-state index in [4.69, 9.17) is 27.9 Å². The van der Waals surface area contributed by atoms with Crippen LogP contribution in [0.2, 0.25) is 0 Å². The highest BCUT2D eigenvalue weighted by Gasteiger charge is 2.41. The molecular formula is C15H18Cl2O2. The Bertz CT molecular complexity index is 421. The molecule has 4 heteroatoms. The summed E-state index contributed by atoms with van der Waals surface area (Å²) in [6.45, 7) is 0. The summed E-state index contributed by atoms with van der Waals surface area (Å²) in [6, 6.07) is 9.35. The Kier molecular flexibility index (Phi) is 5.26. The Morgan fingerprint density at radius 1 is 1.26 bits per heavy atom. The molecule has 4 unspecified atom stereocenters. The van der Waals surface area contributed by atoms with Crippen LogP contribution in [0.1, 0.15) is 29.6 Å². The molecule has 19 heavy (non-hydrogen) atoms. The van der Waals surface area contributed by atoms with E-state index in [-0.39, 0.29) is 28.6 Å². The van der Waals surface area contributed by atoms with Crippen molar-refractivity contribution in [3.63, 3.8) is 0 Å². The first-order valence-corrected chi connectivity index (χ1v) is 7.40. The van der Waals surface area contributed by atoms with Crippen molar-refractivity contribution >= 4 is 29.0 Å². The molecule has 1 saturated carbocycles. The molecule has 104 valence electrons. The van der Waals surface area contributed by atoms with Gasteiger partial charge in [0, 0.05) is 19.1 Å². The maximum atomic E-state index is 12.0. The Hall–Kier alpha value is -0.570. The Balaban J connectivity index is 1.88. The van der Waals surface area contributed by atoms with Crippen molar-refractivity contribution in [2.24, 2.45) is 5.92 Å². The first kappa shape index (κ1) is 14.8.